The highest BCUT2D eigenvalue weighted by Crippen LogP contribution is 2.35. The number of piperidine rings is 1. The van der Waals surface area contributed by atoms with Gasteiger partial charge in [-0.1, -0.05) is 12.1 Å². The summed E-state index contributed by atoms with van der Waals surface area (Å²) in [6, 6.07) is 8.28. The summed E-state index contributed by atoms with van der Waals surface area (Å²) >= 11 is 0. The molecule has 0 aliphatic carbocycles. The van der Waals surface area contributed by atoms with Crippen LogP contribution in [0.2, 0.25) is 0 Å². The second-order valence-electron chi connectivity index (χ2n) is 7.48. The number of methoxy groups -OCH3 is 1. The van der Waals surface area contributed by atoms with Crippen molar-refractivity contribution in [3.63, 3.8) is 0 Å². The molecule has 1 aromatic carbocycles. The van der Waals surface area contributed by atoms with Gasteiger partial charge in [0.05, 0.1) is 6.61 Å². The molecule has 6 nitrogen and oxygen atoms in total. The molecule has 6 heteroatoms. The summed E-state index contributed by atoms with van der Waals surface area (Å²) in [4.78, 5) is 13.0. The Morgan fingerprint density at radius 3 is 2.41 bits per heavy atom. The Labute approximate surface area is 161 Å². The highest BCUT2D eigenvalue weighted by atomic mass is 16.5. The van der Waals surface area contributed by atoms with E-state index in [2.05, 4.69) is 22.8 Å². The van der Waals surface area contributed by atoms with Crippen molar-refractivity contribution in [1.82, 2.24) is 10.6 Å². The summed E-state index contributed by atoms with van der Waals surface area (Å²) in [6.45, 7) is 6.27. The summed E-state index contributed by atoms with van der Waals surface area (Å²) in [7, 11) is 1.64. The molecule has 0 aromatic heterocycles. The molecular formula is C21H32N2O4. The van der Waals surface area contributed by atoms with Gasteiger partial charge in [-0.15, -0.1) is 0 Å². The Bertz CT molecular complexity index is 605. The molecule has 2 fully saturated rings. The summed E-state index contributed by atoms with van der Waals surface area (Å²) < 4.78 is 16.8. The molecule has 0 spiro atoms. The number of ether oxygens (including phenoxy) is 3. The molecule has 2 saturated heterocycles. The van der Waals surface area contributed by atoms with E-state index in [-0.39, 0.29) is 11.3 Å². The maximum absolute atomic E-state index is 13.0. The Morgan fingerprint density at radius 1 is 1.15 bits per heavy atom. The molecule has 27 heavy (non-hydrogen) atoms. The Kier molecular flexibility index (Phi) is 6.73. The molecule has 1 aromatic rings. The summed E-state index contributed by atoms with van der Waals surface area (Å²) in [5, 5.41) is 6.51. The standard InChI is InChI=1S/C21H32N2O4/c1-3-27-18-6-4-17(5-7-18)20(10-14-26-15-11-20)16-23-19(24)21(25-2)8-12-22-13-9-21/h4-7,22H,3,8-16H2,1-2H3,(H,23,24). The van der Waals surface area contributed by atoms with Gasteiger partial charge in [-0.05, 0) is 63.4 Å². The first-order chi connectivity index (χ1) is 13.1. The van der Waals surface area contributed by atoms with E-state index in [1.165, 1.54) is 5.56 Å². The lowest BCUT2D eigenvalue weighted by atomic mass is 9.74. The van der Waals surface area contributed by atoms with E-state index >= 15 is 0 Å². The molecular weight excluding hydrogens is 344 g/mol. The molecule has 1 amide bonds. The average Bonchev–Trinajstić information content (AvgIpc) is 2.74. The largest absolute Gasteiger partial charge is 0.494 e. The molecule has 2 N–H and O–H groups in total. The maximum atomic E-state index is 13.0. The predicted molar refractivity (Wildman–Crippen MR) is 104 cm³/mol. The predicted octanol–water partition coefficient (Wildman–Crippen LogP) is 2.02. The van der Waals surface area contributed by atoms with Crippen LogP contribution >= 0.6 is 0 Å². The smallest absolute Gasteiger partial charge is 0.252 e. The van der Waals surface area contributed by atoms with Crippen molar-refractivity contribution in [2.24, 2.45) is 0 Å². The minimum atomic E-state index is -0.712. The van der Waals surface area contributed by atoms with Crippen molar-refractivity contribution >= 4 is 5.91 Å². The van der Waals surface area contributed by atoms with Crippen molar-refractivity contribution < 1.29 is 19.0 Å². The van der Waals surface area contributed by atoms with Gasteiger partial charge < -0.3 is 24.8 Å². The van der Waals surface area contributed by atoms with Crippen LogP contribution < -0.4 is 15.4 Å². The molecule has 2 heterocycles. The quantitative estimate of drug-likeness (QED) is 0.762. The van der Waals surface area contributed by atoms with Gasteiger partial charge in [-0.2, -0.15) is 0 Å². The van der Waals surface area contributed by atoms with Crippen LogP contribution in [0, 0.1) is 0 Å². The number of carbonyl (C=O) groups excluding carboxylic acids is 1. The number of carbonyl (C=O) groups is 1. The normalized spacial score (nSPS) is 21.4. The van der Waals surface area contributed by atoms with Gasteiger partial charge in [-0.25, -0.2) is 0 Å². The zero-order chi connectivity index (χ0) is 19.2. The van der Waals surface area contributed by atoms with E-state index in [1.807, 2.05) is 19.1 Å². The number of hydrogen-bond acceptors (Lipinski definition) is 5. The van der Waals surface area contributed by atoms with Crippen molar-refractivity contribution in [2.75, 3.05) is 46.6 Å². The fourth-order valence-electron chi connectivity index (χ4n) is 4.17. The third-order valence-electron chi connectivity index (χ3n) is 6.03. The number of hydrogen-bond donors (Lipinski definition) is 2. The van der Waals surface area contributed by atoms with E-state index < -0.39 is 5.60 Å². The number of rotatable bonds is 7. The SMILES string of the molecule is CCOc1ccc(C2(CNC(=O)C3(OC)CCNCC3)CCOCC2)cc1. The van der Waals surface area contributed by atoms with Crippen molar-refractivity contribution in [3.05, 3.63) is 29.8 Å². The second-order valence-corrected chi connectivity index (χ2v) is 7.48. The van der Waals surface area contributed by atoms with Crippen LogP contribution in [0.4, 0.5) is 0 Å². The number of nitrogens with one attached hydrogen (secondary N) is 2. The highest BCUT2D eigenvalue weighted by Gasteiger charge is 2.42. The molecule has 2 aliphatic rings. The minimum absolute atomic E-state index is 0.00306. The molecule has 0 unspecified atom stereocenters. The van der Waals surface area contributed by atoms with Gasteiger partial charge in [0.15, 0.2) is 0 Å². The van der Waals surface area contributed by atoms with Gasteiger partial charge in [0.2, 0.25) is 0 Å². The summed E-state index contributed by atoms with van der Waals surface area (Å²) in [5.74, 6) is 0.879. The average molecular weight is 376 g/mol. The molecule has 150 valence electrons. The Balaban J connectivity index is 1.73. The lowest BCUT2D eigenvalue weighted by molar-refractivity contribution is -0.147. The van der Waals surface area contributed by atoms with Crippen LogP contribution in [-0.4, -0.2) is 58.1 Å². The molecule has 0 bridgehead atoms. The summed E-state index contributed by atoms with van der Waals surface area (Å²) in [6.07, 6.45) is 3.19. The fourth-order valence-corrected chi connectivity index (χ4v) is 4.17. The van der Waals surface area contributed by atoms with E-state index in [1.54, 1.807) is 7.11 Å². The van der Waals surface area contributed by atoms with Gasteiger partial charge in [-0.3, -0.25) is 4.79 Å². The molecule has 0 radical (unpaired) electrons. The topological polar surface area (TPSA) is 68.8 Å². The summed E-state index contributed by atoms with van der Waals surface area (Å²) in [5.41, 5.74) is 0.406. The molecule has 3 rings (SSSR count). The molecule has 0 atom stereocenters. The van der Waals surface area contributed by atoms with Crippen LogP contribution in [0.25, 0.3) is 0 Å². The van der Waals surface area contributed by atoms with E-state index in [0.717, 1.165) is 31.7 Å². The minimum Gasteiger partial charge on any atom is -0.494 e. The van der Waals surface area contributed by atoms with Crippen molar-refractivity contribution in [3.8, 4) is 5.75 Å². The maximum Gasteiger partial charge on any atom is 0.252 e. The van der Waals surface area contributed by atoms with Crippen LogP contribution in [-0.2, 0) is 19.7 Å². The first-order valence-electron chi connectivity index (χ1n) is 9.99. The fraction of sp³-hybridized carbons (Fsp3) is 0.667. The van der Waals surface area contributed by atoms with Crippen LogP contribution in [0.3, 0.4) is 0 Å². The third kappa shape index (κ3) is 4.45. The van der Waals surface area contributed by atoms with Gasteiger partial charge >= 0.3 is 0 Å². The zero-order valence-electron chi connectivity index (χ0n) is 16.5. The number of amides is 1. The lowest BCUT2D eigenvalue weighted by Crippen LogP contribution is -2.56. The van der Waals surface area contributed by atoms with Gasteiger partial charge in [0, 0.05) is 32.3 Å². The number of benzene rings is 1. The first-order valence-corrected chi connectivity index (χ1v) is 9.99. The van der Waals surface area contributed by atoms with Crippen molar-refractivity contribution in [1.29, 1.82) is 0 Å². The van der Waals surface area contributed by atoms with Crippen LogP contribution in [0.15, 0.2) is 24.3 Å². The zero-order valence-corrected chi connectivity index (χ0v) is 16.5. The Morgan fingerprint density at radius 2 is 1.81 bits per heavy atom. The Hall–Kier alpha value is -1.63. The van der Waals surface area contributed by atoms with Crippen molar-refractivity contribution in [2.45, 2.75) is 43.6 Å². The van der Waals surface area contributed by atoms with E-state index in [9.17, 15) is 4.79 Å². The van der Waals surface area contributed by atoms with Gasteiger partial charge in [0.1, 0.15) is 11.4 Å². The van der Waals surface area contributed by atoms with E-state index in [4.69, 9.17) is 14.2 Å². The molecule has 0 saturated carbocycles. The first kappa shape index (κ1) is 20.1. The van der Waals surface area contributed by atoms with Crippen LogP contribution in [0.1, 0.15) is 38.2 Å². The lowest BCUT2D eigenvalue weighted by Gasteiger charge is -2.40. The third-order valence-corrected chi connectivity index (χ3v) is 6.03. The molecule has 2 aliphatic heterocycles. The monoisotopic (exact) mass is 376 g/mol. The van der Waals surface area contributed by atoms with Crippen LogP contribution in [0.5, 0.6) is 5.75 Å². The second kappa shape index (κ2) is 9.04. The van der Waals surface area contributed by atoms with E-state index in [0.29, 0.717) is 39.2 Å². The highest BCUT2D eigenvalue weighted by molar-refractivity contribution is 5.85. The van der Waals surface area contributed by atoms with Gasteiger partial charge in [0.25, 0.3) is 5.91 Å².